The Labute approximate surface area is 288 Å². The van der Waals surface area contributed by atoms with Crippen molar-refractivity contribution in [1.29, 1.82) is 0 Å². The molecule has 0 saturated carbocycles. The van der Waals surface area contributed by atoms with Crippen LogP contribution >= 0.6 is 23.2 Å². The Hall–Kier alpha value is -5.06. The van der Waals surface area contributed by atoms with Crippen molar-refractivity contribution in [3.63, 3.8) is 0 Å². The third-order valence-electron chi connectivity index (χ3n) is 7.02. The van der Waals surface area contributed by atoms with Crippen molar-refractivity contribution in [3.05, 3.63) is 105 Å². The molecule has 0 aliphatic carbocycles. The van der Waals surface area contributed by atoms with E-state index in [1.54, 1.807) is 48.5 Å². The SMILES string of the molecule is CC(=O)C(N=Nc1ccc(-c2ccc(N=NC(C(C)=O)C(=O)Nc3cc(C)cc(C)c3)cc2Cl)c(Cl)c1)C(=O)Nc1cc(C)cc(C)c1. The molecule has 0 bridgehead atoms. The van der Waals surface area contributed by atoms with Crippen LogP contribution in [0.5, 0.6) is 0 Å². The second-order valence-electron chi connectivity index (χ2n) is 11.5. The van der Waals surface area contributed by atoms with Gasteiger partial charge in [0.1, 0.15) is 0 Å². The Balaban J connectivity index is 1.47. The first kappa shape index (κ1) is 35.8. The lowest BCUT2D eigenvalue weighted by Gasteiger charge is -2.11. The van der Waals surface area contributed by atoms with E-state index in [4.69, 9.17) is 23.2 Å². The molecule has 2 amide bonds. The van der Waals surface area contributed by atoms with Gasteiger partial charge in [-0.2, -0.15) is 20.5 Å². The number of ketones is 2. The number of aryl methyl sites for hydroxylation is 4. The average molecular weight is 686 g/mol. The lowest BCUT2D eigenvalue weighted by atomic mass is 10.0. The van der Waals surface area contributed by atoms with Crippen LogP contribution in [0, 0.1) is 27.7 Å². The largest absolute Gasteiger partial charge is 0.324 e. The van der Waals surface area contributed by atoms with Gasteiger partial charge in [0.15, 0.2) is 11.6 Å². The van der Waals surface area contributed by atoms with E-state index < -0.39 is 35.5 Å². The molecule has 4 aromatic rings. The summed E-state index contributed by atoms with van der Waals surface area (Å²) in [5.74, 6) is -2.13. The zero-order chi connectivity index (χ0) is 35.1. The van der Waals surface area contributed by atoms with Crippen molar-refractivity contribution in [3.8, 4) is 11.1 Å². The Morgan fingerprint density at radius 3 is 1.17 bits per heavy atom. The Kier molecular flexibility index (Phi) is 11.7. The number of hydrogen-bond acceptors (Lipinski definition) is 8. The molecule has 2 atom stereocenters. The van der Waals surface area contributed by atoms with E-state index in [0.717, 1.165) is 22.3 Å². The van der Waals surface area contributed by atoms with E-state index >= 15 is 0 Å². The summed E-state index contributed by atoms with van der Waals surface area (Å²) < 4.78 is 0. The second kappa shape index (κ2) is 15.7. The number of anilines is 2. The van der Waals surface area contributed by atoms with E-state index in [9.17, 15) is 19.2 Å². The van der Waals surface area contributed by atoms with Gasteiger partial charge < -0.3 is 10.6 Å². The molecule has 0 spiro atoms. The smallest absolute Gasteiger partial charge is 0.258 e. The molecule has 0 radical (unpaired) electrons. The molecule has 2 N–H and O–H groups in total. The minimum absolute atomic E-state index is 0.293. The van der Waals surface area contributed by atoms with Crippen LogP contribution in [-0.4, -0.2) is 35.5 Å². The number of carbonyl (C=O) groups excluding carboxylic acids is 4. The number of carbonyl (C=O) groups is 4. The summed E-state index contributed by atoms with van der Waals surface area (Å²) >= 11 is 13.2. The van der Waals surface area contributed by atoms with Gasteiger partial charge in [-0.15, -0.1) is 0 Å². The molecule has 12 heteroatoms. The maximum absolute atomic E-state index is 12.8. The Morgan fingerprint density at radius 2 is 0.875 bits per heavy atom. The summed E-state index contributed by atoms with van der Waals surface area (Å²) in [6.07, 6.45) is 0. The summed E-state index contributed by atoms with van der Waals surface area (Å²) in [5, 5.41) is 22.2. The molecule has 246 valence electrons. The molecule has 10 nitrogen and oxygen atoms in total. The van der Waals surface area contributed by atoms with Crippen LogP contribution in [0.25, 0.3) is 11.1 Å². The summed E-state index contributed by atoms with van der Waals surface area (Å²) in [6.45, 7) is 10.2. The fourth-order valence-corrected chi connectivity index (χ4v) is 5.52. The lowest BCUT2D eigenvalue weighted by molar-refractivity contribution is -0.127. The standard InChI is InChI=1S/C36H34Cl2N6O4/c1-19-11-20(2)14-27(13-19)39-35(47)33(23(5)45)43-41-25-7-9-29(31(37)17-25)30-10-8-26(18-32(30)38)42-44-34(24(6)46)36(48)40-28-15-21(3)12-22(4)16-28/h7-18,33-34H,1-6H3,(H,39,47)(H,40,48). The van der Waals surface area contributed by atoms with Crippen LogP contribution in [0.1, 0.15) is 36.1 Å². The van der Waals surface area contributed by atoms with Gasteiger partial charge in [0.05, 0.1) is 21.4 Å². The number of benzene rings is 4. The van der Waals surface area contributed by atoms with Gasteiger partial charge in [-0.05, 0) is 112 Å². The summed E-state index contributed by atoms with van der Waals surface area (Å²) in [4.78, 5) is 50.2. The van der Waals surface area contributed by atoms with Gasteiger partial charge >= 0.3 is 0 Å². The molecule has 0 aliphatic rings. The van der Waals surface area contributed by atoms with Gasteiger partial charge in [0.25, 0.3) is 11.8 Å². The first-order chi connectivity index (χ1) is 22.7. The zero-order valence-corrected chi connectivity index (χ0v) is 28.8. The summed E-state index contributed by atoms with van der Waals surface area (Å²) in [5.41, 5.74) is 6.80. The minimum atomic E-state index is -1.35. The molecule has 0 aromatic heterocycles. The highest BCUT2D eigenvalue weighted by molar-refractivity contribution is 6.36. The van der Waals surface area contributed by atoms with Gasteiger partial charge in [-0.1, -0.05) is 47.5 Å². The number of rotatable bonds is 11. The second-order valence-corrected chi connectivity index (χ2v) is 12.3. The van der Waals surface area contributed by atoms with Gasteiger partial charge in [-0.3, -0.25) is 19.2 Å². The Morgan fingerprint density at radius 1 is 0.542 bits per heavy atom. The van der Waals surface area contributed by atoms with E-state index in [-0.39, 0.29) is 0 Å². The minimum Gasteiger partial charge on any atom is -0.324 e. The third-order valence-corrected chi connectivity index (χ3v) is 7.64. The Bertz CT molecular complexity index is 1790. The maximum Gasteiger partial charge on any atom is 0.258 e. The maximum atomic E-state index is 12.8. The predicted molar refractivity (Wildman–Crippen MR) is 189 cm³/mol. The number of nitrogens with one attached hydrogen (secondary N) is 2. The highest BCUT2D eigenvalue weighted by atomic mass is 35.5. The first-order valence-corrected chi connectivity index (χ1v) is 15.7. The fraction of sp³-hybridized carbons (Fsp3) is 0.222. The van der Waals surface area contributed by atoms with Gasteiger partial charge in [-0.25, -0.2) is 0 Å². The zero-order valence-electron chi connectivity index (χ0n) is 27.3. The predicted octanol–water partition coefficient (Wildman–Crippen LogP) is 9.25. The highest BCUT2D eigenvalue weighted by Gasteiger charge is 2.24. The number of Topliss-reactive ketones (excluding diaryl/α,β-unsaturated/α-hetero) is 2. The number of halogens is 2. The highest BCUT2D eigenvalue weighted by Crippen LogP contribution is 2.37. The van der Waals surface area contributed by atoms with Crippen molar-refractivity contribution >= 4 is 69.3 Å². The molecule has 0 aliphatic heterocycles. The van der Waals surface area contributed by atoms with Crippen molar-refractivity contribution in [2.75, 3.05) is 10.6 Å². The number of hydrogen-bond donors (Lipinski definition) is 2. The number of azo groups is 2. The molecular formula is C36H34Cl2N6O4. The number of nitrogens with zero attached hydrogens (tertiary/aromatic N) is 4. The van der Waals surface area contributed by atoms with E-state index in [2.05, 4.69) is 31.1 Å². The quantitative estimate of drug-likeness (QED) is 0.120. The monoisotopic (exact) mass is 684 g/mol. The normalized spacial score (nSPS) is 12.6. The molecule has 4 aromatic carbocycles. The summed E-state index contributed by atoms with van der Waals surface area (Å²) in [7, 11) is 0. The van der Waals surface area contributed by atoms with E-state index in [1.807, 2.05) is 39.8 Å². The molecule has 0 heterocycles. The van der Waals surface area contributed by atoms with Crippen LogP contribution in [0.3, 0.4) is 0 Å². The number of amides is 2. The van der Waals surface area contributed by atoms with Crippen molar-refractivity contribution < 1.29 is 19.2 Å². The third kappa shape index (κ3) is 9.49. The van der Waals surface area contributed by atoms with E-state index in [0.29, 0.717) is 43.9 Å². The lowest BCUT2D eigenvalue weighted by Crippen LogP contribution is -2.31. The van der Waals surface area contributed by atoms with Crippen molar-refractivity contribution in [2.45, 2.75) is 53.6 Å². The van der Waals surface area contributed by atoms with Crippen molar-refractivity contribution in [2.24, 2.45) is 20.5 Å². The van der Waals surface area contributed by atoms with Crippen LogP contribution in [0.4, 0.5) is 22.7 Å². The van der Waals surface area contributed by atoms with Gasteiger partial charge in [0.2, 0.25) is 12.1 Å². The van der Waals surface area contributed by atoms with E-state index in [1.165, 1.54) is 26.0 Å². The summed E-state index contributed by atoms with van der Waals surface area (Å²) in [6, 6.07) is 18.1. The van der Waals surface area contributed by atoms with Crippen LogP contribution in [-0.2, 0) is 19.2 Å². The van der Waals surface area contributed by atoms with Crippen LogP contribution < -0.4 is 10.6 Å². The fourth-order valence-electron chi connectivity index (χ4n) is 4.97. The molecular weight excluding hydrogens is 651 g/mol. The molecule has 0 saturated heterocycles. The molecule has 48 heavy (non-hydrogen) atoms. The average Bonchev–Trinajstić information content (AvgIpc) is 2.96. The molecule has 0 fully saturated rings. The van der Waals surface area contributed by atoms with Gasteiger partial charge in [0, 0.05) is 22.5 Å². The molecule has 2 unspecified atom stereocenters. The van der Waals surface area contributed by atoms with Crippen molar-refractivity contribution in [1.82, 2.24) is 0 Å². The first-order valence-electron chi connectivity index (χ1n) is 14.9. The van der Waals surface area contributed by atoms with Crippen LogP contribution in [0.2, 0.25) is 10.0 Å². The van der Waals surface area contributed by atoms with Crippen LogP contribution in [0.15, 0.2) is 93.3 Å². The molecule has 4 rings (SSSR count). The topological polar surface area (TPSA) is 142 Å².